The highest BCUT2D eigenvalue weighted by Crippen LogP contribution is 2.29. The molecule has 1 heterocycles. The maximum atomic E-state index is 13.8. The van der Waals surface area contributed by atoms with E-state index in [0.717, 1.165) is 13.0 Å². The van der Waals surface area contributed by atoms with Crippen LogP contribution in [0.5, 0.6) is 0 Å². The molecule has 2 atom stereocenters. The van der Waals surface area contributed by atoms with Gasteiger partial charge in [0.15, 0.2) is 0 Å². The van der Waals surface area contributed by atoms with E-state index in [0.29, 0.717) is 16.6 Å². The van der Waals surface area contributed by atoms with Crippen LogP contribution in [-0.2, 0) is 10.5 Å². The van der Waals surface area contributed by atoms with E-state index < -0.39 is 0 Å². The first-order valence-corrected chi connectivity index (χ1v) is 6.68. The normalized spacial score (nSPS) is 23.6. The highest BCUT2D eigenvalue weighted by atomic mass is 32.2. The standard InChI is InChI=1S/C13H14FNOS/c1-9-12(5-6-16-9)17-8-11-4-2-3-10(7-15)13(11)14/h2-4,9,12H,5-6,8H2,1H3. The second-order valence-electron chi connectivity index (χ2n) is 4.10. The molecule has 0 amide bonds. The molecule has 1 aliphatic heterocycles. The van der Waals surface area contributed by atoms with Crippen LogP contribution in [0, 0.1) is 17.1 Å². The molecule has 1 aromatic rings. The Bertz CT molecular complexity index is 444. The van der Waals surface area contributed by atoms with Crippen molar-refractivity contribution in [3.8, 4) is 6.07 Å². The first kappa shape index (κ1) is 12.4. The first-order chi connectivity index (χ1) is 8.22. The molecule has 0 N–H and O–H groups in total. The zero-order valence-electron chi connectivity index (χ0n) is 9.65. The van der Waals surface area contributed by atoms with Gasteiger partial charge in [0.25, 0.3) is 0 Å². The summed E-state index contributed by atoms with van der Waals surface area (Å²) in [7, 11) is 0. The number of ether oxygens (including phenoxy) is 1. The van der Waals surface area contributed by atoms with E-state index in [4.69, 9.17) is 10.00 Å². The number of hydrogen-bond donors (Lipinski definition) is 0. The molecule has 0 bridgehead atoms. The molecule has 1 aromatic carbocycles. The van der Waals surface area contributed by atoms with Gasteiger partial charge in [-0.25, -0.2) is 4.39 Å². The van der Waals surface area contributed by atoms with E-state index in [1.807, 2.05) is 13.0 Å². The van der Waals surface area contributed by atoms with Gasteiger partial charge < -0.3 is 4.74 Å². The zero-order valence-corrected chi connectivity index (χ0v) is 10.5. The number of nitriles is 1. The Morgan fingerprint density at radius 3 is 3.06 bits per heavy atom. The highest BCUT2D eigenvalue weighted by molar-refractivity contribution is 7.99. The maximum absolute atomic E-state index is 13.8. The molecule has 2 unspecified atom stereocenters. The SMILES string of the molecule is CC1OCCC1SCc1cccc(C#N)c1F. The average Bonchev–Trinajstić information content (AvgIpc) is 2.74. The molecule has 1 aliphatic rings. The van der Waals surface area contributed by atoms with Gasteiger partial charge in [-0.2, -0.15) is 17.0 Å². The summed E-state index contributed by atoms with van der Waals surface area (Å²) in [4.78, 5) is 0. The van der Waals surface area contributed by atoms with Crippen LogP contribution in [-0.4, -0.2) is 18.0 Å². The fraction of sp³-hybridized carbons (Fsp3) is 0.462. The molecule has 0 spiro atoms. The molecule has 2 rings (SSSR count). The topological polar surface area (TPSA) is 33.0 Å². The summed E-state index contributed by atoms with van der Waals surface area (Å²) < 4.78 is 19.2. The predicted octanol–water partition coefficient (Wildman–Crippen LogP) is 3.11. The lowest BCUT2D eigenvalue weighted by Crippen LogP contribution is -2.13. The van der Waals surface area contributed by atoms with Crippen molar-refractivity contribution >= 4 is 11.8 Å². The summed E-state index contributed by atoms with van der Waals surface area (Å²) in [5.41, 5.74) is 0.729. The molecule has 1 fully saturated rings. The Morgan fingerprint density at radius 2 is 2.41 bits per heavy atom. The Morgan fingerprint density at radius 1 is 1.59 bits per heavy atom. The van der Waals surface area contributed by atoms with Crippen molar-refractivity contribution in [1.29, 1.82) is 5.26 Å². The summed E-state index contributed by atoms with van der Waals surface area (Å²) in [6, 6.07) is 6.84. The fourth-order valence-corrected chi connectivity index (χ4v) is 3.13. The monoisotopic (exact) mass is 251 g/mol. The third kappa shape index (κ3) is 2.80. The molecular weight excluding hydrogens is 237 g/mol. The van der Waals surface area contributed by atoms with Crippen molar-refractivity contribution < 1.29 is 9.13 Å². The summed E-state index contributed by atoms with van der Waals surface area (Å²) >= 11 is 1.70. The summed E-state index contributed by atoms with van der Waals surface area (Å²) in [5.74, 6) is 0.216. The van der Waals surface area contributed by atoms with Crippen molar-refractivity contribution in [2.45, 2.75) is 30.5 Å². The van der Waals surface area contributed by atoms with Crippen molar-refractivity contribution in [1.82, 2.24) is 0 Å². The van der Waals surface area contributed by atoms with Crippen LogP contribution in [0.1, 0.15) is 24.5 Å². The van der Waals surface area contributed by atoms with Gasteiger partial charge >= 0.3 is 0 Å². The number of thioether (sulfide) groups is 1. The lowest BCUT2D eigenvalue weighted by atomic mass is 10.1. The smallest absolute Gasteiger partial charge is 0.144 e. The van der Waals surface area contributed by atoms with Gasteiger partial charge in [0.1, 0.15) is 11.9 Å². The van der Waals surface area contributed by atoms with Crippen LogP contribution in [0.15, 0.2) is 18.2 Å². The molecule has 2 nitrogen and oxygen atoms in total. The summed E-state index contributed by atoms with van der Waals surface area (Å²) in [6.07, 6.45) is 1.26. The fourth-order valence-electron chi connectivity index (χ4n) is 1.91. The number of nitrogens with zero attached hydrogens (tertiary/aromatic N) is 1. The van der Waals surface area contributed by atoms with Gasteiger partial charge in [0.05, 0.1) is 11.7 Å². The van der Waals surface area contributed by atoms with E-state index in [9.17, 15) is 4.39 Å². The molecule has 0 aliphatic carbocycles. The first-order valence-electron chi connectivity index (χ1n) is 5.63. The number of halogens is 1. The maximum Gasteiger partial charge on any atom is 0.144 e. The molecule has 0 radical (unpaired) electrons. The third-order valence-electron chi connectivity index (χ3n) is 2.96. The van der Waals surface area contributed by atoms with E-state index in [-0.39, 0.29) is 17.5 Å². The molecule has 0 aromatic heterocycles. The number of rotatable bonds is 3. The average molecular weight is 251 g/mol. The van der Waals surface area contributed by atoms with Crippen molar-refractivity contribution in [3.05, 3.63) is 35.1 Å². The Labute approximate surface area is 105 Å². The van der Waals surface area contributed by atoms with Crippen LogP contribution >= 0.6 is 11.8 Å². The molecule has 17 heavy (non-hydrogen) atoms. The third-order valence-corrected chi connectivity index (χ3v) is 4.48. The van der Waals surface area contributed by atoms with Crippen LogP contribution in [0.4, 0.5) is 4.39 Å². The second kappa shape index (κ2) is 5.52. The molecule has 0 saturated carbocycles. The van der Waals surface area contributed by atoms with E-state index >= 15 is 0 Å². The molecule has 1 saturated heterocycles. The van der Waals surface area contributed by atoms with Crippen molar-refractivity contribution in [2.24, 2.45) is 0 Å². The quantitative estimate of drug-likeness (QED) is 0.827. The minimum atomic E-state index is -0.380. The van der Waals surface area contributed by atoms with Gasteiger partial charge in [0.2, 0.25) is 0 Å². The van der Waals surface area contributed by atoms with Crippen LogP contribution in [0.3, 0.4) is 0 Å². The zero-order chi connectivity index (χ0) is 12.3. The lowest BCUT2D eigenvalue weighted by molar-refractivity contribution is 0.127. The van der Waals surface area contributed by atoms with Gasteiger partial charge in [-0.1, -0.05) is 12.1 Å². The van der Waals surface area contributed by atoms with Crippen LogP contribution < -0.4 is 0 Å². The van der Waals surface area contributed by atoms with Crippen molar-refractivity contribution in [2.75, 3.05) is 6.61 Å². The minimum Gasteiger partial charge on any atom is -0.377 e. The summed E-state index contributed by atoms with van der Waals surface area (Å²) in [5, 5.41) is 9.18. The van der Waals surface area contributed by atoms with Gasteiger partial charge in [0, 0.05) is 17.6 Å². The predicted molar refractivity (Wildman–Crippen MR) is 66.2 cm³/mol. The molecular formula is C13H14FNOS. The molecule has 4 heteroatoms. The van der Waals surface area contributed by atoms with Gasteiger partial charge in [-0.3, -0.25) is 0 Å². The van der Waals surface area contributed by atoms with E-state index in [1.54, 1.807) is 23.9 Å². The van der Waals surface area contributed by atoms with E-state index in [2.05, 4.69) is 0 Å². The van der Waals surface area contributed by atoms with Crippen LogP contribution in [0.2, 0.25) is 0 Å². The minimum absolute atomic E-state index is 0.124. The van der Waals surface area contributed by atoms with E-state index in [1.165, 1.54) is 6.07 Å². The second-order valence-corrected chi connectivity index (χ2v) is 5.33. The highest BCUT2D eigenvalue weighted by Gasteiger charge is 2.24. The van der Waals surface area contributed by atoms with Gasteiger partial charge in [-0.05, 0) is 25.0 Å². The Kier molecular flexibility index (Phi) is 4.03. The Hall–Kier alpha value is -1.05. The Balaban J connectivity index is 2.02. The largest absolute Gasteiger partial charge is 0.377 e. The van der Waals surface area contributed by atoms with Crippen LogP contribution in [0.25, 0.3) is 0 Å². The van der Waals surface area contributed by atoms with Crippen molar-refractivity contribution in [3.63, 3.8) is 0 Å². The number of hydrogen-bond acceptors (Lipinski definition) is 3. The summed E-state index contributed by atoms with van der Waals surface area (Å²) in [6.45, 7) is 2.84. The van der Waals surface area contributed by atoms with Gasteiger partial charge in [-0.15, -0.1) is 0 Å². The lowest BCUT2D eigenvalue weighted by Gasteiger charge is -2.13. The number of benzene rings is 1. The molecule has 90 valence electrons.